The van der Waals surface area contributed by atoms with Gasteiger partial charge in [0.25, 0.3) is 0 Å². The molecule has 0 aliphatic carbocycles. The Morgan fingerprint density at radius 2 is 2.02 bits per heavy atom. The summed E-state index contributed by atoms with van der Waals surface area (Å²) in [7, 11) is 1.76. The minimum absolute atomic E-state index is 0.0159. The van der Waals surface area contributed by atoms with Crippen molar-refractivity contribution < 1.29 is 19.0 Å². The van der Waals surface area contributed by atoms with E-state index in [1.807, 2.05) is 18.0 Å². The molecule has 2 aromatic heterocycles. The van der Waals surface area contributed by atoms with Crippen LogP contribution in [0.1, 0.15) is 43.5 Å². The van der Waals surface area contributed by atoms with E-state index in [9.17, 15) is 4.79 Å². The molecule has 1 amide bonds. The number of anilines is 1. The highest BCUT2D eigenvalue weighted by Crippen LogP contribution is 2.46. The summed E-state index contributed by atoms with van der Waals surface area (Å²) >= 11 is 7.19. The first-order valence-corrected chi connectivity index (χ1v) is 16.4. The first-order chi connectivity index (χ1) is 21.7. The van der Waals surface area contributed by atoms with Crippen LogP contribution in [0.25, 0.3) is 22.0 Å². The Balaban J connectivity index is 1.42. The number of amides is 1. The lowest BCUT2D eigenvalue weighted by molar-refractivity contribution is -0.127. The molecular weight excluding hydrogens is 594 g/mol. The summed E-state index contributed by atoms with van der Waals surface area (Å²) in [6.45, 7) is 17.4. The molecule has 0 unspecified atom stereocenters. The van der Waals surface area contributed by atoms with E-state index in [4.69, 9.17) is 30.9 Å². The smallest absolute Gasteiger partial charge is 0.245 e. The number of aromatic nitrogens is 4. The number of ether oxygens (including phenoxy) is 3. The fourth-order valence-electron chi connectivity index (χ4n) is 7.39. The highest BCUT2D eigenvalue weighted by atomic mass is 35.5. The maximum absolute atomic E-state index is 12.3. The van der Waals surface area contributed by atoms with Gasteiger partial charge in [0, 0.05) is 75.2 Å². The number of nitrogens with one attached hydrogen (secondary N) is 1. The Bertz CT molecular complexity index is 1520. The van der Waals surface area contributed by atoms with Crippen LogP contribution in [0.2, 0.25) is 5.02 Å². The number of aryl methyl sites for hydroxylation is 1. The molecule has 12 heteroatoms. The highest BCUT2D eigenvalue weighted by Gasteiger charge is 2.42. The first kappa shape index (κ1) is 32.0. The van der Waals surface area contributed by atoms with Gasteiger partial charge in [0.05, 0.1) is 54.2 Å². The Hall–Kier alpha value is -2.96. The van der Waals surface area contributed by atoms with Gasteiger partial charge in [-0.1, -0.05) is 18.2 Å². The molecule has 0 saturated carbocycles. The highest BCUT2D eigenvalue weighted by molar-refractivity contribution is 6.36. The number of methoxy groups -OCH3 is 1. The SMILES string of the molecule is C=CC(=O)N1CCC(n2nc(N3CCN(C[C@@H]4COCCO4)C[C@]3(C)CCOC)c(-c3c(Cl)c(C)cc4[nH]ncc34)c2C)CC1. The van der Waals surface area contributed by atoms with E-state index in [-0.39, 0.29) is 23.6 Å². The van der Waals surface area contributed by atoms with Gasteiger partial charge in [0.15, 0.2) is 5.82 Å². The van der Waals surface area contributed by atoms with Gasteiger partial charge < -0.3 is 24.0 Å². The normalized spacial score (nSPS) is 23.6. The molecule has 2 atom stereocenters. The van der Waals surface area contributed by atoms with Crippen molar-refractivity contribution in [2.75, 3.05) is 77.7 Å². The van der Waals surface area contributed by atoms with Gasteiger partial charge in [-0.05, 0) is 57.7 Å². The molecule has 5 heterocycles. The van der Waals surface area contributed by atoms with Crippen LogP contribution in [0.4, 0.5) is 5.82 Å². The number of carbonyl (C=O) groups is 1. The fraction of sp³-hybridized carbons (Fsp3) is 0.606. The molecule has 0 spiro atoms. The predicted octanol–water partition coefficient (Wildman–Crippen LogP) is 4.38. The minimum Gasteiger partial charge on any atom is -0.385 e. The predicted molar refractivity (Wildman–Crippen MR) is 176 cm³/mol. The maximum atomic E-state index is 12.3. The Kier molecular flexibility index (Phi) is 9.54. The van der Waals surface area contributed by atoms with Crippen LogP contribution >= 0.6 is 11.6 Å². The molecule has 0 bridgehead atoms. The molecule has 3 saturated heterocycles. The zero-order valence-corrected chi connectivity index (χ0v) is 27.7. The summed E-state index contributed by atoms with van der Waals surface area (Å²) in [6.07, 6.45) is 5.82. The second-order valence-corrected chi connectivity index (χ2v) is 13.3. The van der Waals surface area contributed by atoms with Gasteiger partial charge >= 0.3 is 0 Å². The van der Waals surface area contributed by atoms with Gasteiger partial charge in [0.1, 0.15) is 0 Å². The number of nitrogens with zero attached hydrogens (tertiary/aromatic N) is 6. The van der Waals surface area contributed by atoms with E-state index < -0.39 is 0 Å². The average molecular weight is 640 g/mol. The number of aromatic amines is 1. The Morgan fingerprint density at radius 1 is 1.22 bits per heavy atom. The summed E-state index contributed by atoms with van der Waals surface area (Å²) in [5, 5.41) is 14.7. The fourth-order valence-corrected chi connectivity index (χ4v) is 7.64. The largest absolute Gasteiger partial charge is 0.385 e. The Morgan fingerprint density at radius 3 is 2.73 bits per heavy atom. The van der Waals surface area contributed by atoms with Crippen LogP contribution in [0, 0.1) is 13.8 Å². The maximum Gasteiger partial charge on any atom is 0.245 e. The number of benzene rings is 1. The zero-order valence-electron chi connectivity index (χ0n) is 27.0. The number of piperidine rings is 1. The lowest BCUT2D eigenvalue weighted by Crippen LogP contribution is -2.63. The third-order valence-corrected chi connectivity index (χ3v) is 10.3. The van der Waals surface area contributed by atoms with E-state index in [1.165, 1.54) is 6.08 Å². The van der Waals surface area contributed by atoms with Gasteiger partial charge in [-0.2, -0.15) is 10.2 Å². The van der Waals surface area contributed by atoms with Crippen LogP contribution in [0.15, 0.2) is 24.9 Å². The summed E-state index contributed by atoms with van der Waals surface area (Å²) in [5.74, 6) is 0.917. The summed E-state index contributed by atoms with van der Waals surface area (Å²) < 4.78 is 19.6. The number of rotatable bonds is 9. The molecule has 3 aromatic rings. The monoisotopic (exact) mass is 639 g/mol. The van der Waals surface area contributed by atoms with Crippen molar-refractivity contribution in [3.63, 3.8) is 0 Å². The standard InChI is InChI=1S/C33H46ClN7O4/c1-6-28(42)39-10-7-24(8-11-39)41-23(3)29(30-26-18-35-36-27(26)17-22(2)31(30)34)32(37-41)40-13-12-38(19-25-20-44-15-16-45-25)21-33(40,4)9-14-43-5/h6,17-18,24-25H,1,7-16,19-21H2,2-5H3,(H,35,36)/t25-,33+/m1/s1. The molecule has 0 radical (unpaired) electrons. The molecule has 1 N–H and O–H groups in total. The summed E-state index contributed by atoms with van der Waals surface area (Å²) in [5.41, 5.74) is 4.74. The molecule has 3 fully saturated rings. The Labute approximate surface area is 270 Å². The molecule has 11 nitrogen and oxygen atoms in total. The van der Waals surface area contributed by atoms with Gasteiger partial charge in [-0.15, -0.1) is 0 Å². The van der Waals surface area contributed by atoms with Crippen molar-refractivity contribution in [2.45, 2.75) is 57.7 Å². The van der Waals surface area contributed by atoms with E-state index in [1.54, 1.807) is 7.11 Å². The molecule has 6 rings (SSSR count). The van der Waals surface area contributed by atoms with Crippen molar-refractivity contribution in [2.24, 2.45) is 0 Å². The molecule has 244 valence electrons. The molecular formula is C33H46ClN7O4. The van der Waals surface area contributed by atoms with Crippen LogP contribution in [0.3, 0.4) is 0 Å². The molecule has 1 aromatic carbocycles. The number of halogens is 1. The first-order valence-electron chi connectivity index (χ1n) is 16.1. The van der Waals surface area contributed by atoms with Crippen LogP contribution < -0.4 is 4.90 Å². The van der Waals surface area contributed by atoms with Crippen molar-refractivity contribution in [1.29, 1.82) is 0 Å². The quantitative estimate of drug-likeness (QED) is 0.345. The number of likely N-dealkylation sites (tertiary alicyclic amines) is 1. The van der Waals surface area contributed by atoms with E-state index in [0.29, 0.717) is 44.5 Å². The summed E-state index contributed by atoms with van der Waals surface area (Å²) in [6, 6.07) is 2.21. The third-order valence-electron chi connectivity index (χ3n) is 9.85. The molecule has 45 heavy (non-hydrogen) atoms. The topological polar surface area (TPSA) is 101 Å². The van der Waals surface area contributed by atoms with Crippen molar-refractivity contribution >= 4 is 34.2 Å². The van der Waals surface area contributed by atoms with Crippen LogP contribution in [0.5, 0.6) is 0 Å². The van der Waals surface area contributed by atoms with Gasteiger partial charge in [0.2, 0.25) is 5.91 Å². The number of hydrogen-bond acceptors (Lipinski definition) is 8. The van der Waals surface area contributed by atoms with E-state index >= 15 is 0 Å². The number of piperazine rings is 1. The van der Waals surface area contributed by atoms with Gasteiger partial charge in [-0.3, -0.25) is 19.5 Å². The molecule has 3 aliphatic heterocycles. The molecule has 3 aliphatic rings. The van der Waals surface area contributed by atoms with Crippen molar-refractivity contribution in [1.82, 2.24) is 29.8 Å². The van der Waals surface area contributed by atoms with Crippen molar-refractivity contribution in [3.05, 3.63) is 41.2 Å². The lowest BCUT2D eigenvalue weighted by Gasteiger charge is -2.50. The lowest BCUT2D eigenvalue weighted by atomic mass is 9.90. The summed E-state index contributed by atoms with van der Waals surface area (Å²) in [4.78, 5) is 19.2. The average Bonchev–Trinajstić information content (AvgIpc) is 3.65. The third kappa shape index (κ3) is 6.25. The second kappa shape index (κ2) is 13.4. The second-order valence-electron chi connectivity index (χ2n) is 12.9. The van der Waals surface area contributed by atoms with Crippen LogP contribution in [-0.2, 0) is 19.0 Å². The zero-order chi connectivity index (χ0) is 31.7. The van der Waals surface area contributed by atoms with E-state index in [0.717, 1.165) is 84.5 Å². The van der Waals surface area contributed by atoms with Crippen molar-refractivity contribution in [3.8, 4) is 11.1 Å². The number of hydrogen-bond donors (Lipinski definition) is 1. The number of carbonyl (C=O) groups excluding carboxylic acids is 1. The number of H-pyrrole nitrogens is 1. The van der Waals surface area contributed by atoms with Gasteiger partial charge in [-0.25, -0.2) is 0 Å². The van der Waals surface area contributed by atoms with E-state index in [2.05, 4.69) is 51.2 Å². The van der Waals surface area contributed by atoms with Crippen LogP contribution in [-0.4, -0.2) is 120 Å². The minimum atomic E-state index is -0.268. The number of fused-ring (bicyclic) bond motifs is 1.